The van der Waals surface area contributed by atoms with Gasteiger partial charge in [-0.15, -0.1) is 0 Å². The van der Waals surface area contributed by atoms with Crippen molar-refractivity contribution in [2.45, 2.75) is 20.3 Å². The van der Waals surface area contributed by atoms with E-state index in [1.54, 1.807) is 6.92 Å². The third-order valence-corrected chi connectivity index (χ3v) is 2.44. The lowest BCUT2D eigenvalue weighted by Gasteiger charge is -2.04. The van der Waals surface area contributed by atoms with E-state index in [4.69, 9.17) is 0 Å². The van der Waals surface area contributed by atoms with Gasteiger partial charge in [-0.25, -0.2) is 0 Å². The third-order valence-electron chi connectivity index (χ3n) is 2.44. The Kier molecular flexibility index (Phi) is 4.84. The first-order chi connectivity index (χ1) is 9.36. The zero-order valence-electron chi connectivity index (χ0n) is 10.8. The minimum Gasteiger partial charge on any atom is -0.293 e. The summed E-state index contributed by atoms with van der Waals surface area (Å²) in [7, 11) is 0. The number of benzene rings is 1. The highest BCUT2D eigenvalue weighted by Crippen LogP contribution is 2.28. The Morgan fingerprint density at radius 2 is 1.95 bits per heavy atom. The van der Waals surface area contributed by atoms with E-state index in [0.29, 0.717) is 6.42 Å². The lowest BCUT2D eigenvalue weighted by Crippen LogP contribution is -2.11. The molecule has 0 aliphatic rings. The molecule has 20 heavy (non-hydrogen) atoms. The number of nitro benzene ring substituents is 2. The van der Waals surface area contributed by atoms with Crippen molar-refractivity contribution in [3.8, 4) is 0 Å². The second kappa shape index (κ2) is 6.36. The quantitative estimate of drug-likeness (QED) is 0.483. The van der Waals surface area contributed by atoms with Crippen LogP contribution in [0.25, 0.3) is 0 Å². The molecule has 0 saturated carbocycles. The molecule has 0 amide bonds. The molecule has 0 bridgehead atoms. The molecule has 0 aliphatic carbocycles. The molecule has 9 nitrogen and oxygen atoms in total. The number of carbonyl (C=O) groups excluding carboxylic acids is 1. The molecule has 0 aliphatic heterocycles. The van der Waals surface area contributed by atoms with Crippen LogP contribution in [0.5, 0.6) is 0 Å². The molecule has 0 saturated heterocycles. The smallest absolute Gasteiger partial charge is 0.293 e. The molecule has 1 aromatic rings. The summed E-state index contributed by atoms with van der Waals surface area (Å²) in [6.45, 7) is 3.04. The number of ketones is 1. The van der Waals surface area contributed by atoms with Crippen LogP contribution in [0.3, 0.4) is 0 Å². The van der Waals surface area contributed by atoms with Crippen LogP contribution in [0.1, 0.15) is 20.3 Å². The molecule has 1 N–H and O–H groups in total. The molecule has 0 spiro atoms. The number of Topliss-reactive ketones (excluding diaryl/α,β-unsaturated/α-hetero) is 1. The first-order valence-corrected chi connectivity index (χ1v) is 5.63. The van der Waals surface area contributed by atoms with Crippen LogP contribution in [-0.4, -0.2) is 21.3 Å². The number of carbonyl (C=O) groups is 1. The predicted molar refractivity (Wildman–Crippen MR) is 71.8 cm³/mol. The zero-order chi connectivity index (χ0) is 15.3. The van der Waals surface area contributed by atoms with Gasteiger partial charge >= 0.3 is 5.69 Å². The van der Waals surface area contributed by atoms with Gasteiger partial charge in [0.15, 0.2) is 5.78 Å². The predicted octanol–water partition coefficient (Wildman–Crippen LogP) is 2.27. The van der Waals surface area contributed by atoms with Gasteiger partial charge in [0, 0.05) is 13.0 Å². The van der Waals surface area contributed by atoms with Gasteiger partial charge in [-0.2, -0.15) is 5.10 Å². The Morgan fingerprint density at radius 1 is 1.30 bits per heavy atom. The lowest BCUT2D eigenvalue weighted by atomic mass is 10.2. The Balaban J connectivity index is 3.15. The Bertz CT molecular complexity index is 596. The van der Waals surface area contributed by atoms with Gasteiger partial charge in [0.2, 0.25) is 0 Å². The van der Waals surface area contributed by atoms with E-state index in [1.165, 1.54) is 13.0 Å². The number of non-ortho nitro benzene ring substituents is 1. The van der Waals surface area contributed by atoms with Crippen LogP contribution in [0.15, 0.2) is 23.3 Å². The molecular formula is C11H12N4O5. The number of hydrazone groups is 1. The highest BCUT2D eigenvalue weighted by atomic mass is 16.6. The van der Waals surface area contributed by atoms with Crippen molar-refractivity contribution in [2.24, 2.45) is 5.10 Å². The Hall–Kier alpha value is -2.84. The molecule has 1 rings (SSSR count). The number of anilines is 1. The maximum absolute atomic E-state index is 11.2. The minimum atomic E-state index is -0.760. The molecule has 0 heterocycles. The number of rotatable bonds is 6. The summed E-state index contributed by atoms with van der Waals surface area (Å²) in [5, 5.41) is 25.2. The first kappa shape index (κ1) is 15.2. The van der Waals surface area contributed by atoms with Gasteiger partial charge in [-0.05, 0) is 12.5 Å². The molecule has 1 aromatic carbocycles. The second-order valence-electron chi connectivity index (χ2n) is 3.80. The van der Waals surface area contributed by atoms with Crippen LogP contribution in [0.2, 0.25) is 0 Å². The van der Waals surface area contributed by atoms with E-state index in [2.05, 4.69) is 10.5 Å². The topological polar surface area (TPSA) is 128 Å². The average Bonchev–Trinajstić information content (AvgIpc) is 2.38. The van der Waals surface area contributed by atoms with Crippen molar-refractivity contribution in [3.63, 3.8) is 0 Å². The summed E-state index contributed by atoms with van der Waals surface area (Å²) in [6, 6.07) is 3.12. The molecule has 0 fully saturated rings. The standard InChI is InChI=1S/C11H12N4O5/c1-3-9(7(2)16)12-13-10-5-4-8(14(17)18)6-11(10)15(19)20/h4-6,13H,3H2,1-2H3/b12-9+. The van der Waals surface area contributed by atoms with Crippen LogP contribution in [0, 0.1) is 20.2 Å². The molecule has 9 heteroatoms. The maximum atomic E-state index is 11.2. The molecular weight excluding hydrogens is 268 g/mol. The Morgan fingerprint density at radius 3 is 2.40 bits per heavy atom. The fourth-order valence-corrected chi connectivity index (χ4v) is 1.41. The maximum Gasteiger partial charge on any atom is 0.301 e. The number of nitro groups is 2. The minimum absolute atomic E-state index is 0.0206. The van der Waals surface area contributed by atoms with Gasteiger partial charge < -0.3 is 0 Å². The van der Waals surface area contributed by atoms with E-state index in [-0.39, 0.29) is 17.2 Å². The number of hydrogen-bond acceptors (Lipinski definition) is 7. The highest BCUT2D eigenvalue weighted by Gasteiger charge is 2.19. The van der Waals surface area contributed by atoms with Crippen molar-refractivity contribution < 1.29 is 14.6 Å². The van der Waals surface area contributed by atoms with E-state index in [0.717, 1.165) is 12.1 Å². The summed E-state index contributed by atoms with van der Waals surface area (Å²) >= 11 is 0. The van der Waals surface area contributed by atoms with E-state index >= 15 is 0 Å². The van der Waals surface area contributed by atoms with Crippen molar-refractivity contribution >= 4 is 28.6 Å². The second-order valence-corrected chi connectivity index (χ2v) is 3.80. The molecule has 106 valence electrons. The van der Waals surface area contributed by atoms with Gasteiger partial charge in [-0.1, -0.05) is 6.92 Å². The molecule has 0 unspecified atom stereocenters. The fourth-order valence-electron chi connectivity index (χ4n) is 1.41. The fraction of sp³-hybridized carbons (Fsp3) is 0.273. The molecule has 0 radical (unpaired) electrons. The van der Waals surface area contributed by atoms with E-state index in [9.17, 15) is 25.0 Å². The van der Waals surface area contributed by atoms with Gasteiger partial charge in [0.05, 0.1) is 15.9 Å². The first-order valence-electron chi connectivity index (χ1n) is 5.63. The van der Waals surface area contributed by atoms with Crippen molar-refractivity contribution in [2.75, 3.05) is 5.43 Å². The van der Waals surface area contributed by atoms with Gasteiger partial charge in [0.25, 0.3) is 5.69 Å². The highest BCUT2D eigenvalue weighted by molar-refractivity contribution is 6.38. The van der Waals surface area contributed by atoms with Crippen molar-refractivity contribution in [3.05, 3.63) is 38.4 Å². The van der Waals surface area contributed by atoms with Crippen LogP contribution in [0.4, 0.5) is 17.1 Å². The van der Waals surface area contributed by atoms with Gasteiger partial charge in [-0.3, -0.25) is 30.4 Å². The summed E-state index contributed by atoms with van der Waals surface area (Å²) in [5.41, 5.74) is 1.72. The molecule has 0 aromatic heterocycles. The number of nitrogens with zero attached hydrogens (tertiary/aromatic N) is 3. The summed E-state index contributed by atoms with van der Waals surface area (Å²) < 4.78 is 0. The monoisotopic (exact) mass is 280 g/mol. The molecule has 0 atom stereocenters. The van der Waals surface area contributed by atoms with Crippen LogP contribution in [-0.2, 0) is 4.79 Å². The van der Waals surface area contributed by atoms with Gasteiger partial charge in [0.1, 0.15) is 11.4 Å². The van der Waals surface area contributed by atoms with Crippen LogP contribution < -0.4 is 5.43 Å². The Labute approximate surface area is 113 Å². The SMILES string of the molecule is CC/C(=N\Nc1ccc([N+](=O)[O-])cc1[N+](=O)[O-])C(C)=O. The van der Waals surface area contributed by atoms with Crippen molar-refractivity contribution in [1.82, 2.24) is 0 Å². The lowest BCUT2D eigenvalue weighted by molar-refractivity contribution is -0.393. The average molecular weight is 280 g/mol. The summed E-state index contributed by atoms with van der Waals surface area (Å²) in [5.74, 6) is -0.260. The number of nitrogens with one attached hydrogen (secondary N) is 1. The number of hydrogen-bond donors (Lipinski definition) is 1. The van der Waals surface area contributed by atoms with Crippen LogP contribution >= 0.6 is 0 Å². The third kappa shape index (κ3) is 3.57. The van der Waals surface area contributed by atoms with Crippen molar-refractivity contribution in [1.29, 1.82) is 0 Å². The zero-order valence-corrected chi connectivity index (χ0v) is 10.8. The van der Waals surface area contributed by atoms with E-state index < -0.39 is 21.2 Å². The summed E-state index contributed by atoms with van der Waals surface area (Å²) in [6.07, 6.45) is 0.364. The summed E-state index contributed by atoms with van der Waals surface area (Å²) in [4.78, 5) is 31.1. The largest absolute Gasteiger partial charge is 0.301 e. The normalized spacial score (nSPS) is 11.0. The van der Waals surface area contributed by atoms with E-state index in [1.807, 2.05) is 0 Å².